The first-order chi connectivity index (χ1) is 13.3. The molecule has 0 spiro atoms. The van der Waals surface area contributed by atoms with E-state index in [-0.39, 0.29) is 30.2 Å². The molecule has 0 saturated heterocycles. The predicted octanol–water partition coefficient (Wildman–Crippen LogP) is 2.92. The zero-order valence-corrected chi connectivity index (χ0v) is 16.0. The molecular formula is C20H21FN2O4S. The fourth-order valence-corrected chi connectivity index (χ4v) is 4.35. The van der Waals surface area contributed by atoms with Gasteiger partial charge in [-0.05, 0) is 54.7 Å². The monoisotopic (exact) mass is 404 g/mol. The average Bonchev–Trinajstić information content (AvgIpc) is 2.65. The molecule has 148 valence electrons. The van der Waals surface area contributed by atoms with E-state index in [0.717, 1.165) is 11.1 Å². The molecule has 0 bridgehead atoms. The average molecular weight is 404 g/mol. The highest BCUT2D eigenvalue weighted by atomic mass is 32.2. The van der Waals surface area contributed by atoms with Gasteiger partial charge in [-0.15, -0.1) is 0 Å². The molecule has 8 heteroatoms. The van der Waals surface area contributed by atoms with Crippen molar-refractivity contribution in [3.63, 3.8) is 0 Å². The number of nitrogens with zero attached hydrogens (tertiary/aromatic N) is 1. The zero-order valence-electron chi connectivity index (χ0n) is 15.1. The van der Waals surface area contributed by atoms with E-state index in [1.165, 1.54) is 12.1 Å². The van der Waals surface area contributed by atoms with Crippen LogP contribution < -0.4 is 5.32 Å². The Labute approximate surface area is 163 Å². The summed E-state index contributed by atoms with van der Waals surface area (Å²) < 4.78 is 37.8. The van der Waals surface area contributed by atoms with Crippen molar-refractivity contribution >= 4 is 15.9 Å². The summed E-state index contributed by atoms with van der Waals surface area (Å²) in [7, 11) is -3.50. The fourth-order valence-electron chi connectivity index (χ4n) is 2.77. The molecule has 0 heterocycles. The van der Waals surface area contributed by atoms with Crippen molar-refractivity contribution in [1.82, 2.24) is 5.32 Å². The summed E-state index contributed by atoms with van der Waals surface area (Å²) in [4.78, 5) is 11.0. The second-order valence-electron chi connectivity index (χ2n) is 6.48. The summed E-state index contributed by atoms with van der Waals surface area (Å²) in [5, 5.41) is 20.0. The maximum atomic E-state index is 13.0. The van der Waals surface area contributed by atoms with Crippen LogP contribution in [0, 0.1) is 17.1 Å². The molecule has 0 aliphatic rings. The van der Waals surface area contributed by atoms with E-state index in [1.807, 2.05) is 6.07 Å². The van der Waals surface area contributed by atoms with Crippen molar-refractivity contribution < 1.29 is 22.7 Å². The minimum atomic E-state index is -3.50. The normalized spacial score (nSPS) is 12.1. The van der Waals surface area contributed by atoms with Crippen molar-refractivity contribution in [3.05, 3.63) is 71.0 Å². The second kappa shape index (κ2) is 9.85. The Morgan fingerprint density at radius 1 is 1.07 bits per heavy atom. The molecule has 0 aliphatic heterocycles. The van der Waals surface area contributed by atoms with E-state index in [4.69, 9.17) is 10.4 Å². The van der Waals surface area contributed by atoms with E-state index in [9.17, 15) is 17.6 Å². The van der Waals surface area contributed by atoms with Gasteiger partial charge in [0.05, 0.1) is 23.1 Å². The second-order valence-corrected chi connectivity index (χ2v) is 8.71. The standard InChI is InChI=1S/C20H21FN2O4S/c21-18-8-5-15(6-9-18)7-10-19(23-20(24)25)14-28(26,27)12-11-16-1-3-17(13-22)4-2-16/h1-6,8-9,19,23H,7,10-12,14H2,(H,24,25)/t19-/m0/s1. The number of halogens is 1. The first-order valence-electron chi connectivity index (χ1n) is 8.71. The van der Waals surface area contributed by atoms with Crippen molar-refractivity contribution in [1.29, 1.82) is 5.26 Å². The van der Waals surface area contributed by atoms with Crippen molar-refractivity contribution in [2.75, 3.05) is 11.5 Å². The van der Waals surface area contributed by atoms with Crippen molar-refractivity contribution in [3.8, 4) is 6.07 Å². The van der Waals surface area contributed by atoms with Crippen LogP contribution in [-0.2, 0) is 22.7 Å². The van der Waals surface area contributed by atoms with Gasteiger partial charge >= 0.3 is 6.09 Å². The topological polar surface area (TPSA) is 107 Å². The van der Waals surface area contributed by atoms with Crippen molar-refractivity contribution in [2.45, 2.75) is 25.3 Å². The summed E-state index contributed by atoms with van der Waals surface area (Å²) in [6, 6.07) is 13.7. The molecule has 2 aromatic rings. The summed E-state index contributed by atoms with van der Waals surface area (Å²) in [6.07, 6.45) is -0.290. The van der Waals surface area contributed by atoms with Crippen LogP contribution in [-0.4, -0.2) is 37.2 Å². The summed E-state index contributed by atoms with van der Waals surface area (Å²) in [5.74, 6) is -0.793. The van der Waals surface area contributed by atoms with E-state index >= 15 is 0 Å². The Morgan fingerprint density at radius 3 is 2.21 bits per heavy atom. The number of carboxylic acid groups (broad SMARTS) is 1. The van der Waals surface area contributed by atoms with E-state index < -0.39 is 22.0 Å². The zero-order chi connectivity index (χ0) is 20.6. The van der Waals surface area contributed by atoms with Gasteiger partial charge < -0.3 is 10.4 Å². The minimum absolute atomic E-state index is 0.118. The molecule has 1 amide bonds. The molecule has 2 aromatic carbocycles. The van der Waals surface area contributed by atoms with E-state index in [1.54, 1.807) is 36.4 Å². The van der Waals surface area contributed by atoms with Crippen LogP contribution in [0.15, 0.2) is 48.5 Å². The number of sulfone groups is 1. The van der Waals surface area contributed by atoms with Crippen LogP contribution in [0.2, 0.25) is 0 Å². The van der Waals surface area contributed by atoms with Gasteiger partial charge in [-0.25, -0.2) is 17.6 Å². The van der Waals surface area contributed by atoms with Crippen LogP contribution in [0.4, 0.5) is 9.18 Å². The van der Waals surface area contributed by atoms with E-state index in [2.05, 4.69) is 5.32 Å². The van der Waals surface area contributed by atoms with Gasteiger partial charge in [-0.1, -0.05) is 24.3 Å². The molecule has 2 N–H and O–H groups in total. The fraction of sp³-hybridized carbons (Fsp3) is 0.300. The molecule has 0 radical (unpaired) electrons. The first-order valence-corrected chi connectivity index (χ1v) is 10.5. The van der Waals surface area contributed by atoms with Gasteiger partial charge in [-0.2, -0.15) is 5.26 Å². The number of nitrogens with one attached hydrogen (secondary N) is 1. The van der Waals surface area contributed by atoms with Gasteiger partial charge in [-0.3, -0.25) is 0 Å². The highest BCUT2D eigenvalue weighted by Crippen LogP contribution is 2.11. The lowest BCUT2D eigenvalue weighted by Crippen LogP contribution is -2.40. The number of benzene rings is 2. The Balaban J connectivity index is 1.95. The number of hydrogen-bond acceptors (Lipinski definition) is 4. The number of nitriles is 1. The van der Waals surface area contributed by atoms with Gasteiger partial charge in [0, 0.05) is 6.04 Å². The maximum absolute atomic E-state index is 13.0. The van der Waals surface area contributed by atoms with Gasteiger partial charge in [0.2, 0.25) is 0 Å². The number of hydrogen-bond donors (Lipinski definition) is 2. The predicted molar refractivity (Wildman–Crippen MR) is 103 cm³/mol. The minimum Gasteiger partial charge on any atom is -0.465 e. The lowest BCUT2D eigenvalue weighted by atomic mass is 10.1. The molecule has 2 rings (SSSR count). The molecule has 0 fully saturated rings. The van der Waals surface area contributed by atoms with Gasteiger partial charge in [0.25, 0.3) is 0 Å². The third-order valence-electron chi connectivity index (χ3n) is 4.26. The smallest absolute Gasteiger partial charge is 0.404 e. The van der Waals surface area contributed by atoms with Gasteiger partial charge in [0.15, 0.2) is 9.84 Å². The lowest BCUT2D eigenvalue weighted by molar-refractivity contribution is 0.190. The van der Waals surface area contributed by atoms with Crippen LogP contribution in [0.5, 0.6) is 0 Å². The van der Waals surface area contributed by atoms with Crippen LogP contribution in [0.1, 0.15) is 23.1 Å². The van der Waals surface area contributed by atoms with Crippen molar-refractivity contribution in [2.24, 2.45) is 0 Å². The molecule has 0 saturated carbocycles. The van der Waals surface area contributed by atoms with Crippen LogP contribution >= 0.6 is 0 Å². The number of aryl methyl sites for hydroxylation is 2. The molecule has 0 unspecified atom stereocenters. The Kier molecular flexibility index (Phi) is 7.52. The number of amides is 1. The highest BCUT2D eigenvalue weighted by molar-refractivity contribution is 7.91. The third-order valence-corrected chi connectivity index (χ3v) is 6.00. The SMILES string of the molecule is N#Cc1ccc(CCS(=O)(=O)C[C@H](CCc2ccc(F)cc2)NC(=O)O)cc1. The molecule has 28 heavy (non-hydrogen) atoms. The van der Waals surface area contributed by atoms with E-state index in [0.29, 0.717) is 12.0 Å². The number of carbonyl (C=O) groups is 1. The molecule has 1 atom stereocenters. The molecular weight excluding hydrogens is 383 g/mol. The highest BCUT2D eigenvalue weighted by Gasteiger charge is 2.21. The third kappa shape index (κ3) is 7.37. The Morgan fingerprint density at radius 2 is 1.64 bits per heavy atom. The summed E-state index contributed by atoms with van der Waals surface area (Å²) in [5.41, 5.74) is 2.09. The molecule has 6 nitrogen and oxygen atoms in total. The van der Waals surface area contributed by atoms with Crippen LogP contribution in [0.25, 0.3) is 0 Å². The Bertz CT molecular complexity index is 936. The first kappa shape index (κ1) is 21.4. The molecule has 0 aromatic heterocycles. The Hall–Kier alpha value is -2.92. The molecule has 0 aliphatic carbocycles. The largest absolute Gasteiger partial charge is 0.465 e. The quantitative estimate of drug-likeness (QED) is 0.668. The van der Waals surface area contributed by atoms with Crippen LogP contribution in [0.3, 0.4) is 0 Å². The maximum Gasteiger partial charge on any atom is 0.404 e. The lowest BCUT2D eigenvalue weighted by Gasteiger charge is -2.17. The number of rotatable bonds is 9. The van der Waals surface area contributed by atoms with Gasteiger partial charge in [0.1, 0.15) is 5.82 Å². The summed E-state index contributed by atoms with van der Waals surface area (Å²) >= 11 is 0. The summed E-state index contributed by atoms with van der Waals surface area (Å²) in [6.45, 7) is 0.